The molecule has 5 nitrogen and oxygen atoms in total. The van der Waals surface area contributed by atoms with Crippen LogP contribution in [0.3, 0.4) is 0 Å². The van der Waals surface area contributed by atoms with Crippen molar-refractivity contribution >= 4 is 12.0 Å². The highest BCUT2D eigenvalue weighted by molar-refractivity contribution is 5.91. The standard InChI is InChI=1S/C18H19N3O2/c22-17(10-9-14-5-2-1-3-6-14)19-11-12-21-18(23)13-15-7-4-8-16(15)20-21/h1-3,5-6,9-10,13H,4,7-8,11-12H2,(H,19,22)/b10-9+. The molecule has 23 heavy (non-hydrogen) atoms. The molecule has 118 valence electrons. The molecule has 0 bridgehead atoms. The van der Waals surface area contributed by atoms with E-state index in [9.17, 15) is 9.59 Å². The monoisotopic (exact) mass is 309 g/mol. The van der Waals surface area contributed by atoms with Crippen LogP contribution in [0.15, 0.2) is 47.3 Å². The number of fused-ring (bicyclic) bond motifs is 1. The van der Waals surface area contributed by atoms with E-state index in [1.54, 1.807) is 12.1 Å². The van der Waals surface area contributed by atoms with E-state index in [-0.39, 0.29) is 11.5 Å². The number of amides is 1. The first-order valence-electron chi connectivity index (χ1n) is 7.83. The average Bonchev–Trinajstić information content (AvgIpc) is 3.01. The van der Waals surface area contributed by atoms with Crippen LogP contribution in [-0.2, 0) is 24.2 Å². The number of carbonyl (C=O) groups is 1. The Balaban J connectivity index is 1.53. The van der Waals surface area contributed by atoms with Gasteiger partial charge in [-0.05, 0) is 36.5 Å². The van der Waals surface area contributed by atoms with Crippen molar-refractivity contribution in [2.45, 2.75) is 25.8 Å². The molecule has 0 aliphatic heterocycles. The summed E-state index contributed by atoms with van der Waals surface area (Å²) in [5.74, 6) is -0.178. The van der Waals surface area contributed by atoms with Crippen LogP contribution in [0.1, 0.15) is 23.2 Å². The van der Waals surface area contributed by atoms with Crippen LogP contribution in [0.2, 0.25) is 0 Å². The van der Waals surface area contributed by atoms with E-state index in [1.807, 2.05) is 30.3 Å². The van der Waals surface area contributed by atoms with E-state index in [2.05, 4.69) is 10.4 Å². The Morgan fingerprint density at radius 2 is 2.09 bits per heavy atom. The van der Waals surface area contributed by atoms with Crippen LogP contribution in [0.25, 0.3) is 6.08 Å². The van der Waals surface area contributed by atoms with E-state index in [4.69, 9.17) is 0 Å². The number of aromatic nitrogens is 2. The molecule has 1 aliphatic rings. The van der Waals surface area contributed by atoms with Crippen LogP contribution < -0.4 is 10.9 Å². The minimum absolute atomic E-state index is 0.0975. The van der Waals surface area contributed by atoms with E-state index in [0.29, 0.717) is 13.1 Å². The molecule has 2 aromatic rings. The minimum Gasteiger partial charge on any atom is -0.351 e. The van der Waals surface area contributed by atoms with E-state index in [0.717, 1.165) is 36.1 Å². The summed E-state index contributed by atoms with van der Waals surface area (Å²) in [6.07, 6.45) is 6.19. The number of benzene rings is 1. The van der Waals surface area contributed by atoms with Gasteiger partial charge in [0.05, 0.1) is 12.2 Å². The molecule has 1 N–H and O–H groups in total. The smallest absolute Gasteiger partial charge is 0.267 e. The first kappa shape index (κ1) is 15.2. The second-order valence-corrected chi connectivity index (χ2v) is 5.57. The van der Waals surface area contributed by atoms with Crippen molar-refractivity contribution in [3.63, 3.8) is 0 Å². The topological polar surface area (TPSA) is 64.0 Å². The Morgan fingerprint density at radius 3 is 2.91 bits per heavy atom. The average molecular weight is 309 g/mol. The van der Waals surface area contributed by atoms with Gasteiger partial charge in [0.15, 0.2) is 0 Å². The van der Waals surface area contributed by atoms with Crippen LogP contribution in [0, 0.1) is 0 Å². The Kier molecular flexibility index (Phi) is 4.66. The van der Waals surface area contributed by atoms with Crippen molar-refractivity contribution in [3.05, 3.63) is 69.6 Å². The molecular formula is C18H19N3O2. The van der Waals surface area contributed by atoms with Gasteiger partial charge in [-0.3, -0.25) is 9.59 Å². The number of hydrogen-bond acceptors (Lipinski definition) is 3. The number of hydrogen-bond donors (Lipinski definition) is 1. The van der Waals surface area contributed by atoms with Gasteiger partial charge < -0.3 is 5.32 Å². The second-order valence-electron chi connectivity index (χ2n) is 5.57. The van der Waals surface area contributed by atoms with Crippen molar-refractivity contribution in [3.8, 4) is 0 Å². The molecule has 0 unspecified atom stereocenters. The lowest BCUT2D eigenvalue weighted by Gasteiger charge is -2.07. The molecule has 0 saturated carbocycles. The predicted molar refractivity (Wildman–Crippen MR) is 89.0 cm³/mol. The molecule has 0 saturated heterocycles. The van der Waals surface area contributed by atoms with Gasteiger partial charge in [-0.15, -0.1) is 0 Å². The van der Waals surface area contributed by atoms with Gasteiger partial charge in [-0.1, -0.05) is 30.3 Å². The molecule has 5 heteroatoms. The summed E-state index contributed by atoms with van der Waals surface area (Å²) < 4.78 is 1.44. The van der Waals surface area contributed by atoms with Crippen molar-refractivity contribution in [2.24, 2.45) is 0 Å². The quantitative estimate of drug-likeness (QED) is 0.853. The molecule has 0 fully saturated rings. The molecule has 1 heterocycles. The molecule has 1 aliphatic carbocycles. The summed E-state index contributed by atoms with van der Waals surface area (Å²) >= 11 is 0. The molecule has 1 amide bonds. The van der Waals surface area contributed by atoms with Crippen LogP contribution in [0.5, 0.6) is 0 Å². The Morgan fingerprint density at radius 1 is 1.26 bits per heavy atom. The highest BCUT2D eigenvalue weighted by atomic mass is 16.1. The largest absolute Gasteiger partial charge is 0.351 e. The molecular weight excluding hydrogens is 290 g/mol. The summed E-state index contributed by atoms with van der Waals surface area (Å²) in [6.45, 7) is 0.765. The maximum atomic E-state index is 11.9. The third-order valence-corrected chi connectivity index (χ3v) is 3.87. The lowest BCUT2D eigenvalue weighted by atomic mass is 10.2. The van der Waals surface area contributed by atoms with Gasteiger partial charge in [-0.25, -0.2) is 4.68 Å². The van der Waals surface area contributed by atoms with Crippen molar-refractivity contribution in [1.29, 1.82) is 0 Å². The molecule has 0 radical (unpaired) electrons. The third kappa shape index (κ3) is 3.94. The van der Waals surface area contributed by atoms with Gasteiger partial charge in [0.25, 0.3) is 5.56 Å². The van der Waals surface area contributed by atoms with Crippen LogP contribution in [0.4, 0.5) is 0 Å². The third-order valence-electron chi connectivity index (χ3n) is 3.87. The Bertz CT molecular complexity index is 779. The number of carbonyl (C=O) groups excluding carboxylic acids is 1. The van der Waals surface area contributed by atoms with Crippen LogP contribution in [-0.4, -0.2) is 22.2 Å². The van der Waals surface area contributed by atoms with Crippen molar-refractivity contribution in [1.82, 2.24) is 15.1 Å². The van der Waals surface area contributed by atoms with E-state index < -0.39 is 0 Å². The minimum atomic E-state index is -0.178. The van der Waals surface area contributed by atoms with E-state index >= 15 is 0 Å². The summed E-state index contributed by atoms with van der Waals surface area (Å²) in [5, 5.41) is 7.15. The number of nitrogens with one attached hydrogen (secondary N) is 1. The fourth-order valence-electron chi connectivity index (χ4n) is 2.68. The van der Waals surface area contributed by atoms with Crippen molar-refractivity contribution < 1.29 is 4.79 Å². The zero-order valence-electron chi connectivity index (χ0n) is 12.9. The summed E-state index contributed by atoms with van der Waals surface area (Å²) in [7, 11) is 0. The van der Waals surface area contributed by atoms with Gasteiger partial charge in [0.2, 0.25) is 5.91 Å². The lowest BCUT2D eigenvalue weighted by Crippen LogP contribution is -2.31. The predicted octanol–water partition coefficient (Wildman–Crippen LogP) is 1.56. The summed E-state index contributed by atoms with van der Waals surface area (Å²) in [5.41, 5.74) is 2.96. The Labute approximate surface area is 134 Å². The Hall–Kier alpha value is -2.69. The zero-order chi connectivity index (χ0) is 16.1. The molecule has 3 rings (SSSR count). The lowest BCUT2D eigenvalue weighted by molar-refractivity contribution is -0.116. The number of rotatable bonds is 5. The van der Waals surface area contributed by atoms with Crippen LogP contribution >= 0.6 is 0 Å². The maximum Gasteiger partial charge on any atom is 0.267 e. The molecule has 1 aromatic heterocycles. The second kappa shape index (κ2) is 7.05. The molecule has 0 spiro atoms. The van der Waals surface area contributed by atoms with Gasteiger partial charge in [0, 0.05) is 18.7 Å². The first-order valence-corrected chi connectivity index (χ1v) is 7.83. The molecule has 1 aromatic carbocycles. The highest BCUT2D eigenvalue weighted by Gasteiger charge is 2.14. The number of nitrogens with zero attached hydrogens (tertiary/aromatic N) is 2. The van der Waals surface area contributed by atoms with Gasteiger partial charge in [-0.2, -0.15) is 5.10 Å². The first-order chi connectivity index (χ1) is 11.2. The molecule has 0 atom stereocenters. The normalized spacial score (nSPS) is 13.2. The summed E-state index contributed by atoms with van der Waals surface area (Å²) in [4.78, 5) is 23.7. The SMILES string of the molecule is O=C(/C=C/c1ccccc1)NCCn1nc2c(cc1=O)CCC2. The summed E-state index contributed by atoms with van der Waals surface area (Å²) in [6, 6.07) is 11.3. The fourth-order valence-corrected chi connectivity index (χ4v) is 2.68. The fraction of sp³-hybridized carbons (Fsp3) is 0.278. The maximum absolute atomic E-state index is 11.9. The van der Waals surface area contributed by atoms with Crippen molar-refractivity contribution in [2.75, 3.05) is 6.54 Å². The zero-order valence-corrected chi connectivity index (χ0v) is 12.9. The van der Waals surface area contributed by atoms with E-state index in [1.165, 1.54) is 10.8 Å². The number of aryl methyl sites for hydroxylation is 2. The highest BCUT2D eigenvalue weighted by Crippen LogP contribution is 2.16. The van der Waals surface area contributed by atoms with Gasteiger partial charge >= 0.3 is 0 Å². The van der Waals surface area contributed by atoms with Gasteiger partial charge in [0.1, 0.15) is 0 Å².